The second kappa shape index (κ2) is 10.0. The summed E-state index contributed by atoms with van der Waals surface area (Å²) in [5, 5.41) is 21.8. The first-order valence-corrected chi connectivity index (χ1v) is 10.7. The number of methoxy groups -OCH3 is 1. The van der Waals surface area contributed by atoms with Crippen LogP contribution in [-0.2, 0) is 12.0 Å². The lowest BCUT2D eigenvalue weighted by Gasteiger charge is -2.23. The number of aromatic hydroxyl groups is 1. The van der Waals surface area contributed by atoms with Crippen molar-refractivity contribution in [1.29, 1.82) is 5.41 Å². The molecule has 0 aliphatic carbocycles. The van der Waals surface area contributed by atoms with Gasteiger partial charge in [0.25, 0.3) is 5.91 Å². The number of carbonyl (C=O) groups is 2. The average molecular weight is 533 g/mol. The first kappa shape index (κ1) is 27.2. The second-order valence-corrected chi connectivity index (χ2v) is 9.45. The quantitative estimate of drug-likeness (QED) is 0.489. The first-order valence-electron chi connectivity index (χ1n) is 10.7. The molecule has 184 valence electrons. The lowest BCUT2D eigenvalue weighted by molar-refractivity contribution is 0.0955. The van der Waals surface area contributed by atoms with Gasteiger partial charge in [-0.05, 0) is 35.2 Å². The highest BCUT2D eigenvalue weighted by atomic mass is 79.9. The molecular formula is C25H33BrN4O4. The van der Waals surface area contributed by atoms with E-state index in [-0.39, 0.29) is 58.0 Å². The van der Waals surface area contributed by atoms with Gasteiger partial charge in [0.1, 0.15) is 5.84 Å². The van der Waals surface area contributed by atoms with E-state index in [0.29, 0.717) is 28.8 Å². The molecule has 1 heterocycles. The van der Waals surface area contributed by atoms with Crippen molar-refractivity contribution < 1.29 is 19.4 Å². The van der Waals surface area contributed by atoms with Gasteiger partial charge < -0.3 is 25.0 Å². The molecule has 0 atom stereocenters. The summed E-state index contributed by atoms with van der Waals surface area (Å²) in [5.74, 6) is 0.0678. The number of nitrogens with one attached hydrogen (secondary N) is 2. The predicted octanol–water partition coefficient (Wildman–Crippen LogP) is 3.73. The number of hydrogen-bond donors (Lipinski definition) is 3. The zero-order valence-corrected chi connectivity index (χ0v) is 22.4. The van der Waals surface area contributed by atoms with Crippen LogP contribution in [0.1, 0.15) is 58.2 Å². The summed E-state index contributed by atoms with van der Waals surface area (Å²) < 4.78 is 5.29. The summed E-state index contributed by atoms with van der Waals surface area (Å²) in [4.78, 5) is 29.1. The van der Waals surface area contributed by atoms with Crippen LogP contribution < -0.4 is 15.0 Å². The van der Waals surface area contributed by atoms with Gasteiger partial charge in [0, 0.05) is 50.1 Å². The SMILES string of the molecule is Br.CNC(=O)c1cc2c(cc1N(C)C)CN(CC(=O)c1cc(OC)c(O)c(C(C)(C)C)c1)C2=N. The molecule has 0 aromatic heterocycles. The number of anilines is 1. The van der Waals surface area contributed by atoms with Gasteiger partial charge in [-0.2, -0.15) is 0 Å². The van der Waals surface area contributed by atoms with Crippen molar-refractivity contribution in [2.75, 3.05) is 39.7 Å². The molecule has 8 nitrogen and oxygen atoms in total. The van der Waals surface area contributed by atoms with E-state index in [4.69, 9.17) is 10.1 Å². The third kappa shape index (κ3) is 5.04. The third-order valence-corrected chi connectivity index (χ3v) is 5.87. The number of carbonyl (C=O) groups excluding carboxylic acids is 2. The largest absolute Gasteiger partial charge is 0.504 e. The zero-order valence-electron chi connectivity index (χ0n) is 20.7. The third-order valence-electron chi connectivity index (χ3n) is 5.87. The lowest BCUT2D eigenvalue weighted by Crippen LogP contribution is -2.30. The van der Waals surface area contributed by atoms with Gasteiger partial charge in [0.2, 0.25) is 0 Å². The summed E-state index contributed by atoms with van der Waals surface area (Å²) in [6, 6.07) is 6.85. The molecule has 3 N–H and O–H groups in total. The number of benzene rings is 2. The van der Waals surface area contributed by atoms with E-state index >= 15 is 0 Å². The van der Waals surface area contributed by atoms with Crippen LogP contribution in [0.15, 0.2) is 24.3 Å². The molecule has 2 aromatic rings. The van der Waals surface area contributed by atoms with E-state index < -0.39 is 0 Å². The highest BCUT2D eigenvalue weighted by Crippen LogP contribution is 2.39. The van der Waals surface area contributed by atoms with Crippen LogP contribution >= 0.6 is 17.0 Å². The van der Waals surface area contributed by atoms with E-state index in [1.54, 1.807) is 24.1 Å². The van der Waals surface area contributed by atoms with Crippen LogP contribution in [-0.4, -0.2) is 62.3 Å². The summed E-state index contributed by atoms with van der Waals surface area (Å²) in [7, 11) is 6.75. The van der Waals surface area contributed by atoms with Crippen LogP contribution in [0.25, 0.3) is 0 Å². The molecule has 9 heteroatoms. The van der Waals surface area contributed by atoms with E-state index in [0.717, 1.165) is 11.3 Å². The molecule has 2 aromatic carbocycles. The maximum Gasteiger partial charge on any atom is 0.253 e. The predicted molar refractivity (Wildman–Crippen MR) is 139 cm³/mol. The molecule has 0 bridgehead atoms. The van der Waals surface area contributed by atoms with Crippen molar-refractivity contribution in [1.82, 2.24) is 10.2 Å². The van der Waals surface area contributed by atoms with Gasteiger partial charge in [-0.25, -0.2) is 0 Å². The molecule has 0 saturated heterocycles. The molecule has 34 heavy (non-hydrogen) atoms. The normalized spacial score (nSPS) is 12.7. The Balaban J connectivity index is 0.00000408. The van der Waals surface area contributed by atoms with E-state index in [1.165, 1.54) is 13.2 Å². The van der Waals surface area contributed by atoms with Gasteiger partial charge in [-0.1, -0.05) is 20.8 Å². The second-order valence-electron chi connectivity index (χ2n) is 9.45. The van der Waals surface area contributed by atoms with Crippen molar-refractivity contribution in [2.24, 2.45) is 0 Å². The van der Waals surface area contributed by atoms with Crippen molar-refractivity contribution in [2.45, 2.75) is 32.7 Å². The number of phenolic OH excluding ortho intramolecular Hbond substituents is 1. The molecule has 0 unspecified atom stereocenters. The molecule has 1 aliphatic heterocycles. The lowest BCUT2D eigenvalue weighted by atomic mass is 9.84. The van der Waals surface area contributed by atoms with Crippen molar-refractivity contribution in [3.05, 3.63) is 52.1 Å². The van der Waals surface area contributed by atoms with Gasteiger partial charge in [0.05, 0.1) is 19.2 Å². The number of ether oxygens (including phenoxy) is 1. The van der Waals surface area contributed by atoms with Crippen molar-refractivity contribution in [3.63, 3.8) is 0 Å². The number of hydrogen-bond acceptors (Lipinski definition) is 6. The molecule has 1 aliphatic rings. The topological polar surface area (TPSA) is 106 Å². The van der Waals surface area contributed by atoms with Gasteiger partial charge in [-0.3, -0.25) is 15.0 Å². The fraction of sp³-hybridized carbons (Fsp3) is 0.400. The molecule has 0 spiro atoms. The maximum absolute atomic E-state index is 13.2. The zero-order chi connectivity index (χ0) is 24.7. The molecular weight excluding hydrogens is 500 g/mol. The fourth-order valence-electron chi connectivity index (χ4n) is 4.02. The highest BCUT2D eigenvalue weighted by molar-refractivity contribution is 8.93. The average Bonchev–Trinajstić information content (AvgIpc) is 3.05. The Morgan fingerprint density at radius 1 is 1.21 bits per heavy atom. The van der Waals surface area contributed by atoms with E-state index in [9.17, 15) is 14.7 Å². The number of halogens is 1. The maximum atomic E-state index is 13.2. The Labute approximate surface area is 211 Å². The number of Topliss-reactive ketones (excluding diaryl/α,β-unsaturated/α-hetero) is 1. The molecule has 0 fully saturated rings. The number of fused-ring (bicyclic) bond motifs is 1. The standard InChI is InChI=1S/C25H32N4O4.BrH/c1-25(2,3)18-8-14(10-21(33-7)22(18)31)20(30)13-29-12-15-9-19(28(5)6)17(24(32)27-4)11-16(15)23(29)26;/h8-11,26,31H,12-13H2,1-7H3,(H,27,32);1H. The highest BCUT2D eigenvalue weighted by Gasteiger charge is 2.30. The Kier molecular flexibility index (Phi) is 8.03. The van der Waals surface area contributed by atoms with E-state index in [1.807, 2.05) is 45.8 Å². The Hall–Kier alpha value is -3.07. The summed E-state index contributed by atoms with van der Waals surface area (Å²) in [6.45, 7) is 6.26. The summed E-state index contributed by atoms with van der Waals surface area (Å²) in [6.07, 6.45) is 0. The number of amides is 1. The molecule has 0 saturated carbocycles. The van der Waals surface area contributed by atoms with Crippen molar-refractivity contribution in [3.8, 4) is 11.5 Å². The number of nitrogens with zero attached hydrogens (tertiary/aromatic N) is 2. The Morgan fingerprint density at radius 3 is 2.38 bits per heavy atom. The number of phenols is 1. The Bertz CT molecular complexity index is 1140. The van der Waals surface area contributed by atoms with Gasteiger partial charge in [0.15, 0.2) is 17.3 Å². The van der Waals surface area contributed by atoms with Crippen LogP contribution in [0, 0.1) is 5.41 Å². The monoisotopic (exact) mass is 532 g/mol. The fourth-order valence-corrected chi connectivity index (χ4v) is 4.02. The van der Waals surface area contributed by atoms with Crippen molar-refractivity contribution >= 4 is 40.2 Å². The van der Waals surface area contributed by atoms with Crippen LogP contribution in [0.3, 0.4) is 0 Å². The van der Waals surface area contributed by atoms with Crippen LogP contribution in [0.5, 0.6) is 11.5 Å². The van der Waals surface area contributed by atoms with Gasteiger partial charge >= 0.3 is 0 Å². The minimum absolute atomic E-state index is 0. The van der Waals surface area contributed by atoms with Gasteiger partial charge in [-0.15, -0.1) is 17.0 Å². The molecule has 3 rings (SSSR count). The minimum Gasteiger partial charge on any atom is -0.504 e. The molecule has 0 radical (unpaired) electrons. The Morgan fingerprint density at radius 2 is 1.85 bits per heavy atom. The van der Waals surface area contributed by atoms with Crippen LogP contribution in [0.2, 0.25) is 0 Å². The van der Waals surface area contributed by atoms with Crippen LogP contribution in [0.4, 0.5) is 5.69 Å². The number of rotatable bonds is 6. The summed E-state index contributed by atoms with van der Waals surface area (Å²) >= 11 is 0. The van der Waals surface area contributed by atoms with E-state index in [2.05, 4.69) is 5.32 Å². The first-order chi connectivity index (χ1) is 15.4. The number of amidine groups is 1. The molecule has 1 amide bonds. The number of ketones is 1. The minimum atomic E-state index is -0.386. The summed E-state index contributed by atoms with van der Waals surface area (Å²) in [5.41, 5.74) is 3.43. The smallest absolute Gasteiger partial charge is 0.253 e.